The summed E-state index contributed by atoms with van der Waals surface area (Å²) in [5.41, 5.74) is 8.28. The maximum Gasteiger partial charge on any atom is 0.182 e. The Balaban J connectivity index is 1.97. The van der Waals surface area contributed by atoms with Crippen LogP contribution in [0, 0.1) is 0 Å². The summed E-state index contributed by atoms with van der Waals surface area (Å²) in [5.74, 6) is 0.629. The maximum absolute atomic E-state index is 6.04. The van der Waals surface area contributed by atoms with Crippen molar-refractivity contribution in [1.82, 2.24) is 20.2 Å². The number of tetrazole rings is 1. The molecule has 0 amide bonds. The Morgan fingerprint density at radius 2 is 2.05 bits per heavy atom. The normalized spacial score (nSPS) is 10.8. The summed E-state index contributed by atoms with van der Waals surface area (Å²) in [6, 6.07) is 13.3. The molecule has 0 saturated carbocycles. The third-order valence-corrected chi connectivity index (χ3v) is 3.64. The lowest BCUT2D eigenvalue weighted by atomic mass is 10.2. The van der Waals surface area contributed by atoms with Crippen LogP contribution >= 0.6 is 27.5 Å². The second-order valence-corrected chi connectivity index (χ2v) is 5.92. The Hall–Kier alpha value is -1.92. The summed E-state index contributed by atoms with van der Waals surface area (Å²) in [6.07, 6.45) is 0. The van der Waals surface area contributed by atoms with E-state index in [4.69, 9.17) is 17.3 Å². The first-order valence-corrected chi connectivity index (χ1v) is 7.36. The minimum Gasteiger partial charge on any atom is -0.399 e. The predicted molar refractivity (Wildman–Crippen MR) is 85.9 cm³/mol. The molecule has 1 heterocycles. The average molecular weight is 365 g/mol. The summed E-state index contributed by atoms with van der Waals surface area (Å²) in [5, 5.41) is 12.4. The van der Waals surface area contributed by atoms with Crippen molar-refractivity contribution >= 4 is 33.2 Å². The van der Waals surface area contributed by atoms with Crippen molar-refractivity contribution < 1.29 is 0 Å². The fourth-order valence-corrected chi connectivity index (χ4v) is 2.76. The number of rotatable bonds is 3. The molecule has 7 heteroatoms. The van der Waals surface area contributed by atoms with Crippen molar-refractivity contribution in [2.24, 2.45) is 0 Å². The summed E-state index contributed by atoms with van der Waals surface area (Å²) in [4.78, 5) is 0. The van der Waals surface area contributed by atoms with E-state index in [1.54, 1.807) is 22.9 Å². The van der Waals surface area contributed by atoms with E-state index >= 15 is 0 Å². The Bertz CT molecular complexity index is 766. The van der Waals surface area contributed by atoms with E-state index in [2.05, 4.69) is 31.5 Å². The van der Waals surface area contributed by atoms with Crippen LogP contribution in [0.4, 0.5) is 5.69 Å². The monoisotopic (exact) mass is 363 g/mol. The summed E-state index contributed by atoms with van der Waals surface area (Å²) in [6.45, 7) is 0.564. The zero-order chi connectivity index (χ0) is 14.8. The number of halogens is 2. The standard InChI is InChI=1S/C14H11BrClN5/c15-11-3-1-2-9(4-11)8-21-14(18-19-20-21)10-5-12(16)7-13(17)6-10/h1-7H,8,17H2. The molecule has 1 aromatic heterocycles. The molecular weight excluding hydrogens is 354 g/mol. The first kappa shape index (κ1) is 14.0. The number of hydrogen-bond acceptors (Lipinski definition) is 4. The minimum absolute atomic E-state index is 0.557. The second-order valence-electron chi connectivity index (χ2n) is 4.56. The van der Waals surface area contributed by atoms with Crippen LogP contribution in [0.5, 0.6) is 0 Å². The van der Waals surface area contributed by atoms with Gasteiger partial charge in [-0.05, 0) is 46.3 Å². The zero-order valence-corrected chi connectivity index (χ0v) is 13.2. The van der Waals surface area contributed by atoms with Gasteiger partial charge >= 0.3 is 0 Å². The fraction of sp³-hybridized carbons (Fsp3) is 0.0714. The first-order valence-electron chi connectivity index (χ1n) is 6.19. The molecule has 2 aromatic carbocycles. The van der Waals surface area contributed by atoms with Crippen molar-refractivity contribution in [2.75, 3.05) is 5.73 Å². The molecule has 0 spiro atoms. The smallest absolute Gasteiger partial charge is 0.182 e. The predicted octanol–water partition coefficient (Wildman–Crippen LogP) is 3.39. The van der Waals surface area contributed by atoms with Gasteiger partial charge in [0, 0.05) is 20.7 Å². The number of nitrogen functional groups attached to an aromatic ring is 1. The molecular formula is C14H11BrClN5. The highest BCUT2D eigenvalue weighted by atomic mass is 79.9. The van der Waals surface area contributed by atoms with Gasteiger partial charge in [0.05, 0.1) is 6.54 Å². The quantitative estimate of drug-likeness (QED) is 0.723. The molecule has 0 fully saturated rings. The van der Waals surface area contributed by atoms with Crippen LogP contribution < -0.4 is 5.73 Å². The van der Waals surface area contributed by atoms with Crippen molar-refractivity contribution in [1.29, 1.82) is 0 Å². The van der Waals surface area contributed by atoms with E-state index in [-0.39, 0.29) is 0 Å². The van der Waals surface area contributed by atoms with Crippen LogP contribution in [0.25, 0.3) is 11.4 Å². The zero-order valence-electron chi connectivity index (χ0n) is 10.9. The lowest BCUT2D eigenvalue weighted by Crippen LogP contribution is -2.04. The van der Waals surface area contributed by atoms with Gasteiger partial charge in [0.2, 0.25) is 0 Å². The van der Waals surface area contributed by atoms with Gasteiger partial charge in [0.1, 0.15) is 0 Å². The molecule has 0 aliphatic heterocycles. The summed E-state index contributed by atoms with van der Waals surface area (Å²) < 4.78 is 2.73. The molecule has 5 nitrogen and oxygen atoms in total. The first-order chi connectivity index (χ1) is 10.1. The van der Waals surface area contributed by atoms with Crippen molar-refractivity contribution in [3.63, 3.8) is 0 Å². The Kier molecular flexibility index (Phi) is 3.90. The molecule has 3 aromatic rings. The van der Waals surface area contributed by atoms with Gasteiger partial charge < -0.3 is 5.73 Å². The van der Waals surface area contributed by atoms with E-state index in [1.165, 1.54) is 0 Å². The van der Waals surface area contributed by atoms with E-state index in [9.17, 15) is 0 Å². The molecule has 106 valence electrons. The average Bonchev–Trinajstić information content (AvgIpc) is 2.85. The van der Waals surface area contributed by atoms with E-state index in [0.29, 0.717) is 23.1 Å². The Morgan fingerprint density at radius 1 is 1.19 bits per heavy atom. The van der Waals surface area contributed by atoms with Gasteiger partial charge in [0.15, 0.2) is 5.82 Å². The largest absolute Gasteiger partial charge is 0.399 e. The number of aromatic nitrogens is 4. The Labute approximate surface area is 134 Å². The van der Waals surface area contributed by atoms with Crippen LogP contribution in [0.2, 0.25) is 5.02 Å². The second kappa shape index (κ2) is 5.83. The molecule has 0 aliphatic carbocycles. The summed E-state index contributed by atoms with van der Waals surface area (Å²) >= 11 is 9.49. The van der Waals surface area contributed by atoms with Gasteiger partial charge in [-0.3, -0.25) is 0 Å². The van der Waals surface area contributed by atoms with Crippen molar-refractivity contribution in [2.45, 2.75) is 6.54 Å². The SMILES string of the molecule is Nc1cc(Cl)cc(-c2nnnn2Cc2cccc(Br)c2)c1. The number of anilines is 1. The number of nitrogens with zero attached hydrogens (tertiary/aromatic N) is 4. The number of benzene rings is 2. The molecule has 21 heavy (non-hydrogen) atoms. The van der Waals surface area contributed by atoms with E-state index in [0.717, 1.165) is 15.6 Å². The molecule has 0 aliphatic rings. The molecule has 0 radical (unpaired) electrons. The molecule has 0 atom stereocenters. The highest BCUT2D eigenvalue weighted by Crippen LogP contribution is 2.24. The highest BCUT2D eigenvalue weighted by molar-refractivity contribution is 9.10. The van der Waals surface area contributed by atoms with Gasteiger partial charge in [-0.1, -0.05) is 39.7 Å². The van der Waals surface area contributed by atoms with Crippen molar-refractivity contribution in [3.8, 4) is 11.4 Å². The van der Waals surface area contributed by atoms with Gasteiger partial charge in [-0.2, -0.15) is 0 Å². The van der Waals surface area contributed by atoms with Crippen LogP contribution in [-0.2, 0) is 6.54 Å². The molecule has 0 bridgehead atoms. The third kappa shape index (κ3) is 3.22. The van der Waals surface area contributed by atoms with Crippen LogP contribution in [0.15, 0.2) is 46.9 Å². The van der Waals surface area contributed by atoms with Crippen molar-refractivity contribution in [3.05, 3.63) is 57.5 Å². The van der Waals surface area contributed by atoms with Gasteiger partial charge in [-0.25, -0.2) is 4.68 Å². The van der Waals surface area contributed by atoms with Gasteiger partial charge in [-0.15, -0.1) is 5.10 Å². The topological polar surface area (TPSA) is 69.6 Å². The molecule has 0 saturated heterocycles. The number of hydrogen-bond donors (Lipinski definition) is 1. The van der Waals surface area contributed by atoms with Crippen LogP contribution in [0.1, 0.15) is 5.56 Å². The van der Waals surface area contributed by atoms with E-state index in [1.807, 2.05) is 24.3 Å². The lowest BCUT2D eigenvalue weighted by Gasteiger charge is -2.06. The molecule has 0 unspecified atom stereocenters. The van der Waals surface area contributed by atoms with Crippen LogP contribution in [-0.4, -0.2) is 20.2 Å². The maximum atomic E-state index is 6.04. The third-order valence-electron chi connectivity index (χ3n) is 2.93. The van der Waals surface area contributed by atoms with E-state index < -0.39 is 0 Å². The fourth-order valence-electron chi connectivity index (χ4n) is 2.07. The lowest BCUT2D eigenvalue weighted by molar-refractivity contribution is 0.653. The highest BCUT2D eigenvalue weighted by Gasteiger charge is 2.11. The minimum atomic E-state index is 0.557. The molecule has 3 rings (SSSR count). The van der Waals surface area contributed by atoms with Gasteiger partial charge in [0.25, 0.3) is 0 Å². The summed E-state index contributed by atoms with van der Waals surface area (Å²) in [7, 11) is 0. The molecule has 2 N–H and O–H groups in total. The van der Waals surface area contributed by atoms with Crippen LogP contribution in [0.3, 0.4) is 0 Å². The number of nitrogens with two attached hydrogens (primary N) is 1. The Morgan fingerprint density at radius 3 is 2.81 bits per heavy atom.